The van der Waals surface area contributed by atoms with E-state index in [1.807, 2.05) is 18.2 Å². The molecule has 0 aliphatic carbocycles. The highest BCUT2D eigenvalue weighted by molar-refractivity contribution is 6.19. The average molecular weight is 397 g/mol. The fourth-order valence-electron chi connectivity index (χ4n) is 4.19. The van der Waals surface area contributed by atoms with E-state index in [1.165, 1.54) is 11.3 Å². The molecule has 0 spiro atoms. The minimum atomic E-state index is 0.719. The molecule has 0 bridgehead atoms. The molecule has 0 saturated carbocycles. The molecule has 1 aromatic heterocycles. The van der Waals surface area contributed by atoms with E-state index in [2.05, 4.69) is 57.6 Å². The number of hydrogen-bond acceptors (Lipinski definition) is 6. The Morgan fingerprint density at radius 2 is 2.07 bits per heavy atom. The van der Waals surface area contributed by atoms with Crippen LogP contribution in [0.15, 0.2) is 66.1 Å². The predicted octanol–water partition coefficient (Wildman–Crippen LogP) is 4.77. The lowest BCUT2D eigenvalue weighted by Crippen LogP contribution is -2.16. The number of unbranched alkanes of at least 4 members (excludes halogenated alkanes) is 1. The third-order valence-electron chi connectivity index (χ3n) is 5.64. The van der Waals surface area contributed by atoms with Crippen LogP contribution in [-0.2, 0) is 6.42 Å². The Kier molecular flexibility index (Phi) is 4.77. The minimum absolute atomic E-state index is 0.719. The zero-order chi connectivity index (χ0) is 20.5. The van der Waals surface area contributed by atoms with Gasteiger partial charge in [-0.3, -0.25) is 10.7 Å². The molecule has 0 radical (unpaired) electrons. The second-order valence-corrected chi connectivity index (χ2v) is 7.50. The molecule has 0 saturated heterocycles. The van der Waals surface area contributed by atoms with Gasteiger partial charge in [0.1, 0.15) is 12.0 Å². The van der Waals surface area contributed by atoms with Crippen molar-refractivity contribution in [1.29, 1.82) is 0 Å². The fraction of sp³-hybridized carbons (Fsp3) is 0.208. The zero-order valence-electron chi connectivity index (χ0n) is 16.8. The molecule has 0 unspecified atom stereocenters. The molecule has 150 valence electrons. The molecule has 2 aliphatic rings. The lowest BCUT2D eigenvalue weighted by molar-refractivity contribution is 0.224. The summed E-state index contributed by atoms with van der Waals surface area (Å²) in [6.07, 6.45) is 8.29. The van der Waals surface area contributed by atoms with Gasteiger partial charge in [0.2, 0.25) is 0 Å². The predicted molar refractivity (Wildman–Crippen MR) is 119 cm³/mol. The number of aliphatic imine (C=N–C) groups is 1. The van der Waals surface area contributed by atoms with Gasteiger partial charge in [-0.25, -0.2) is 15.0 Å². The lowest BCUT2D eigenvalue weighted by atomic mass is 9.97. The van der Waals surface area contributed by atoms with Crippen LogP contribution in [0.4, 0.5) is 17.2 Å². The Hall–Kier alpha value is -3.51. The Labute approximate surface area is 175 Å². The number of benzene rings is 2. The first kappa shape index (κ1) is 18.5. The molecule has 6 nitrogen and oxygen atoms in total. The van der Waals surface area contributed by atoms with Crippen LogP contribution in [0.2, 0.25) is 0 Å². The van der Waals surface area contributed by atoms with Gasteiger partial charge in [-0.15, -0.1) is 0 Å². The van der Waals surface area contributed by atoms with Crippen LogP contribution >= 0.6 is 0 Å². The van der Waals surface area contributed by atoms with Gasteiger partial charge in [0.05, 0.1) is 23.3 Å². The van der Waals surface area contributed by atoms with Crippen molar-refractivity contribution in [2.24, 2.45) is 4.99 Å². The first-order valence-corrected chi connectivity index (χ1v) is 10.3. The highest BCUT2D eigenvalue weighted by Gasteiger charge is 2.30. The van der Waals surface area contributed by atoms with Crippen molar-refractivity contribution in [3.05, 3.63) is 83.3 Å². The standard InChI is InChI=1S/C24H23N5O/c1-2-3-7-20(28-30)16-8-10-17(11-9-16)22-19-6-4-5-18-12-13-29(23(18)19)24-21(27-22)14-25-15-26-24/h4-11,14-15,28,30H,2-3,12-13H2,1H3/b20-7+. The van der Waals surface area contributed by atoms with Crippen molar-refractivity contribution in [3.63, 3.8) is 0 Å². The van der Waals surface area contributed by atoms with Crippen LogP contribution in [0, 0.1) is 0 Å². The number of hydrogen-bond donors (Lipinski definition) is 2. The summed E-state index contributed by atoms with van der Waals surface area (Å²) in [6.45, 7) is 3.01. The Bertz CT molecular complexity index is 1150. The van der Waals surface area contributed by atoms with Crippen molar-refractivity contribution in [2.75, 3.05) is 11.4 Å². The number of nitrogens with zero attached hydrogens (tertiary/aromatic N) is 4. The van der Waals surface area contributed by atoms with Crippen LogP contribution in [0.3, 0.4) is 0 Å². The first-order chi connectivity index (χ1) is 14.8. The quantitative estimate of drug-likeness (QED) is 0.607. The van der Waals surface area contributed by atoms with E-state index >= 15 is 0 Å². The van der Waals surface area contributed by atoms with E-state index in [0.29, 0.717) is 0 Å². The van der Waals surface area contributed by atoms with Gasteiger partial charge in [-0.2, -0.15) is 0 Å². The maximum Gasteiger partial charge on any atom is 0.162 e. The Morgan fingerprint density at radius 3 is 2.87 bits per heavy atom. The van der Waals surface area contributed by atoms with Crippen LogP contribution < -0.4 is 10.4 Å². The SMILES string of the molecule is CCC/C=C(/NO)c1ccc(C2=Nc3cncnc3N3CCc4cccc2c43)cc1. The summed E-state index contributed by atoms with van der Waals surface area (Å²) >= 11 is 0. The molecule has 2 N–H and O–H groups in total. The Balaban J connectivity index is 1.63. The van der Waals surface area contributed by atoms with Crippen molar-refractivity contribution < 1.29 is 5.21 Å². The van der Waals surface area contributed by atoms with E-state index < -0.39 is 0 Å². The number of para-hydroxylation sites is 1. The summed E-state index contributed by atoms with van der Waals surface area (Å²) in [5, 5.41) is 9.51. The molecule has 2 aliphatic heterocycles. The van der Waals surface area contributed by atoms with Gasteiger partial charge in [0.15, 0.2) is 5.82 Å². The summed E-state index contributed by atoms with van der Waals surface area (Å²) in [4.78, 5) is 16.0. The molecular weight excluding hydrogens is 374 g/mol. The molecule has 5 rings (SSSR count). The molecule has 3 heterocycles. The molecule has 2 aromatic carbocycles. The largest absolute Gasteiger partial charge is 0.323 e. The summed E-state index contributed by atoms with van der Waals surface area (Å²) in [5.41, 5.74) is 10.3. The van der Waals surface area contributed by atoms with Crippen LogP contribution in [0.25, 0.3) is 5.70 Å². The number of anilines is 2. The summed E-state index contributed by atoms with van der Waals surface area (Å²) in [7, 11) is 0. The van der Waals surface area contributed by atoms with Crippen molar-refractivity contribution in [3.8, 4) is 0 Å². The molecule has 3 aromatic rings. The van der Waals surface area contributed by atoms with Gasteiger partial charge >= 0.3 is 0 Å². The fourth-order valence-corrected chi connectivity index (χ4v) is 4.19. The highest BCUT2D eigenvalue weighted by Crippen LogP contribution is 2.43. The summed E-state index contributed by atoms with van der Waals surface area (Å²) in [6, 6.07) is 14.5. The van der Waals surface area contributed by atoms with Gasteiger partial charge in [0, 0.05) is 17.7 Å². The normalized spacial score (nSPS) is 14.7. The van der Waals surface area contributed by atoms with Crippen molar-refractivity contribution in [1.82, 2.24) is 15.4 Å². The smallest absolute Gasteiger partial charge is 0.162 e. The topological polar surface area (TPSA) is 73.6 Å². The maximum absolute atomic E-state index is 9.51. The van der Waals surface area contributed by atoms with Gasteiger partial charge in [-0.05, 0) is 24.0 Å². The number of allylic oxidation sites excluding steroid dienone is 1. The number of rotatable bonds is 5. The number of aromatic nitrogens is 2. The molecule has 6 heteroatoms. The minimum Gasteiger partial charge on any atom is -0.323 e. The van der Waals surface area contributed by atoms with Crippen LogP contribution in [-0.4, -0.2) is 27.4 Å². The van der Waals surface area contributed by atoms with E-state index in [-0.39, 0.29) is 0 Å². The molecule has 0 amide bonds. The molecule has 0 fully saturated rings. The molecular formula is C24H23N5O. The summed E-state index contributed by atoms with van der Waals surface area (Å²) in [5.74, 6) is 0.858. The van der Waals surface area contributed by atoms with E-state index in [9.17, 15) is 5.21 Å². The molecule has 30 heavy (non-hydrogen) atoms. The van der Waals surface area contributed by atoms with Crippen LogP contribution in [0.1, 0.15) is 42.0 Å². The first-order valence-electron chi connectivity index (χ1n) is 10.3. The monoisotopic (exact) mass is 397 g/mol. The van der Waals surface area contributed by atoms with Crippen molar-refractivity contribution in [2.45, 2.75) is 26.2 Å². The van der Waals surface area contributed by atoms with Gasteiger partial charge in [-0.1, -0.05) is 61.9 Å². The maximum atomic E-state index is 9.51. The number of nitrogens with one attached hydrogen (secondary N) is 1. The van der Waals surface area contributed by atoms with Crippen LogP contribution in [0.5, 0.6) is 0 Å². The zero-order valence-corrected chi connectivity index (χ0v) is 16.8. The third kappa shape index (κ3) is 3.06. The van der Waals surface area contributed by atoms with Gasteiger partial charge in [0.25, 0.3) is 0 Å². The lowest BCUT2D eigenvalue weighted by Gasteiger charge is -2.19. The second-order valence-electron chi connectivity index (χ2n) is 7.50. The third-order valence-corrected chi connectivity index (χ3v) is 5.64. The number of hydroxylamine groups is 1. The number of fused-ring (bicyclic) bond motifs is 2. The second kappa shape index (κ2) is 7.72. The Morgan fingerprint density at radius 1 is 1.20 bits per heavy atom. The van der Waals surface area contributed by atoms with E-state index in [4.69, 9.17) is 4.99 Å². The van der Waals surface area contributed by atoms with Gasteiger partial charge < -0.3 is 4.90 Å². The van der Waals surface area contributed by atoms with E-state index in [0.717, 1.165) is 65.4 Å². The average Bonchev–Trinajstić information content (AvgIpc) is 3.17. The summed E-state index contributed by atoms with van der Waals surface area (Å²) < 4.78 is 0. The van der Waals surface area contributed by atoms with Crippen molar-refractivity contribution >= 4 is 28.6 Å². The van der Waals surface area contributed by atoms with E-state index in [1.54, 1.807) is 12.5 Å². The molecule has 0 atom stereocenters. The highest BCUT2D eigenvalue weighted by atomic mass is 16.5.